The van der Waals surface area contributed by atoms with Crippen LogP contribution in [0.15, 0.2) is 60.7 Å². The lowest BCUT2D eigenvalue weighted by molar-refractivity contribution is -0.143. The predicted molar refractivity (Wildman–Crippen MR) is 600 cm³/mol. The molecule has 21 aliphatic rings. The maximum absolute atomic E-state index is 11.1. The average molecular weight is 1990 g/mol. The summed E-state index contributed by atoms with van der Waals surface area (Å²) >= 11 is 0. The average Bonchev–Trinajstić information content (AvgIpc) is 0.981. The number of aliphatic hydroxyl groups is 2. The van der Waals surface area contributed by atoms with Crippen LogP contribution in [0.5, 0.6) is 0 Å². The van der Waals surface area contributed by atoms with Crippen molar-refractivity contribution in [2.45, 2.75) is 399 Å². The Bertz CT molecular complexity index is 3320. The largest absolute Gasteiger partial charge is 0.466 e. The molecule has 2 aromatic rings. The van der Waals surface area contributed by atoms with E-state index in [-0.39, 0.29) is 12.1 Å². The number of aliphatic hydroxyl groups excluding tert-OH is 2. The molecular weight excluding hydrogens is 1770 g/mol. The van der Waals surface area contributed by atoms with Crippen LogP contribution in [0.2, 0.25) is 0 Å². The Hall–Kier alpha value is -4.55. The first-order chi connectivity index (χ1) is 70.4. The van der Waals surface area contributed by atoms with E-state index in [1.807, 2.05) is 6.92 Å². The van der Waals surface area contributed by atoms with Gasteiger partial charge in [-0.3, -0.25) is 24.3 Å². The third-order valence-electron chi connectivity index (χ3n) is 33.6. The molecule has 21 heteroatoms. The summed E-state index contributed by atoms with van der Waals surface area (Å²) in [5.74, 6) is 2.61. The zero-order valence-electron chi connectivity index (χ0n) is 93.2. The first-order valence-corrected chi connectivity index (χ1v) is 60.9. The quantitative estimate of drug-likeness (QED) is 0.0604. The lowest BCUT2D eigenvalue weighted by Crippen LogP contribution is -2.50. The summed E-state index contributed by atoms with van der Waals surface area (Å²) < 4.78 is 4.90. The Labute approximate surface area is 879 Å². The second-order valence-corrected chi connectivity index (χ2v) is 45.0. The van der Waals surface area contributed by atoms with Gasteiger partial charge in [0.1, 0.15) is 5.78 Å². The fraction of sp³-hybridized carbons (Fsp3) is 0.861. The van der Waals surface area contributed by atoms with Gasteiger partial charge in [0, 0.05) is 51.5 Å². The molecule has 21 nitrogen and oxygen atoms in total. The summed E-state index contributed by atoms with van der Waals surface area (Å²) in [5, 5.41) is 43.2. The maximum atomic E-state index is 11.1. The molecule has 23 rings (SSSR count). The van der Waals surface area contributed by atoms with Gasteiger partial charge in [0.15, 0.2) is 0 Å². The number of esters is 1. The lowest BCUT2D eigenvalue weighted by Gasteiger charge is -2.48. The molecule has 21 fully saturated rings. The van der Waals surface area contributed by atoms with Crippen molar-refractivity contribution in [3.05, 3.63) is 71.8 Å². The molecule has 21 heterocycles. The number of nitriles is 3. The van der Waals surface area contributed by atoms with E-state index in [1.165, 1.54) is 484 Å². The highest BCUT2D eigenvalue weighted by atomic mass is 16.5. The van der Waals surface area contributed by atoms with E-state index >= 15 is 0 Å². The minimum absolute atomic E-state index is 0.00694. The monoisotopic (exact) mass is 1990 g/mol. The molecule has 143 heavy (non-hydrogen) atoms. The van der Waals surface area contributed by atoms with Gasteiger partial charge < -0.3 is 63.9 Å². The van der Waals surface area contributed by atoms with E-state index < -0.39 is 0 Å². The van der Waals surface area contributed by atoms with Crippen molar-refractivity contribution < 1.29 is 24.5 Å². The number of unbranched alkanes of at least 4 members (excludes halogenated alkanes) is 4. The third kappa shape index (κ3) is 59.7. The van der Waals surface area contributed by atoms with Crippen molar-refractivity contribution in [2.24, 2.45) is 17.8 Å². The van der Waals surface area contributed by atoms with Crippen LogP contribution in [-0.4, -0.2) is 354 Å². The molecule has 2 N–H and O–H groups in total. The number of hydrogen-bond acceptors (Lipinski definition) is 21. The van der Waals surface area contributed by atoms with Gasteiger partial charge >= 0.3 is 5.97 Å². The van der Waals surface area contributed by atoms with Gasteiger partial charge in [-0.1, -0.05) is 216 Å². The number of β-amino-alcohol motifs (C(OH)–C–C–N with tert-alkyl or cyclic N) is 1. The van der Waals surface area contributed by atoms with Gasteiger partial charge in [0.05, 0.1) is 57.0 Å². The number of fused-ring (bicyclic) bond motifs is 12. The van der Waals surface area contributed by atoms with Crippen LogP contribution in [0.25, 0.3) is 0 Å². The predicted octanol–water partition coefficient (Wildman–Crippen LogP) is 22.5. The molecule has 0 amide bonds. The minimum Gasteiger partial charge on any atom is -0.466 e. The standard InChI is InChI=1S/C13H17N.C13H19N.C11H21NO2.C11H23N.C10H18N2.C10H21N.C9H16N2.C8H14N2.C8H17NO.C8H17N.C7H13NO.C7H11NO.C7H13N/c1-2-4-12(5-3-1)13-6-9-14(10-7-13)11-8-13;1-2-7-11-14(10-6-1)12-13-8-4-3-5-9-13;1-2-14-11(13)7-10-12-8-5-3-4-6-9-12;1-2-3-6-9-12-10-7-4-5-8-11-12;11-7-3-6-10-12-8-4-1-2-5-9-12;1-2-3-8-11-9-6-4-5-7-10-11;10-6-5-9-11-7-3-1-2-4-8-11;9-5-8-10-6-3-1-2-4-7-10;10-8-7-9-5-3-1-2-4-6-9;1-2-9-7-5-3-4-6-8-9;2*9-7-5-8-3-1-6(7)2-4-8;1-4-8-5-2-7(1)3-6-8/h1-5H,6-11H2;3-5,8-9H,1-2,6-7,10-12H2;2-10H2,1H3;2-11H2,1H3;1-6,8-10H2;2-10H2,1H3;1-5,7-9H2;1-4,6-8H2;10H,1-8H2;2-8H2,1H3;6-7,9H,1-5H2;6H,1-5H2;7H,1-6H2. The third-order valence-corrected chi connectivity index (χ3v) is 33.6. The van der Waals surface area contributed by atoms with Gasteiger partial charge in [0.2, 0.25) is 0 Å². The van der Waals surface area contributed by atoms with Crippen LogP contribution >= 0.6 is 0 Å². The fourth-order valence-corrected chi connectivity index (χ4v) is 23.9. The molecule has 21 aliphatic heterocycles. The molecule has 0 spiro atoms. The van der Waals surface area contributed by atoms with E-state index in [4.69, 9.17) is 25.6 Å². The smallest absolute Gasteiger partial charge is 0.307 e. The number of nitrogens with zero attached hydrogens (tertiary/aromatic N) is 16. The molecule has 0 saturated carbocycles. The molecule has 2 aromatic carbocycles. The highest BCUT2D eigenvalue weighted by Gasteiger charge is 2.41. The van der Waals surface area contributed by atoms with Gasteiger partial charge in [-0.05, 0) is 444 Å². The molecule has 8 bridgehead atoms. The number of likely N-dealkylation sites (tertiary alicyclic amines) is 9. The van der Waals surface area contributed by atoms with Crippen molar-refractivity contribution in [3.63, 3.8) is 0 Å². The number of carbonyl (C=O) groups excluding carboxylic acids is 2. The number of Topliss-reactive ketones (excluding diaryl/α,β-unsaturated/α-hetero) is 1. The molecule has 21 saturated heterocycles. The Morgan fingerprint density at radius 1 is 0.357 bits per heavy atom. The summed E-state index contributed by atoms with van der Waals surface area (Å²) in [6.07, 6.45) is 73.0. The topological polar surface area (TPSA) is 197 Å². The van der Waals surface area contributed by atoms with Crippen molar-refractivity contribution in [1.29, 1.82) is 15.8 Å². The van der Waals surface area contributed by atoms with Crippen molar-refractivity contribution in [2.75, 3.05) is 262 Å². The summed E-state index contributed by atoms with van der Waals surface area (Å²) in [6.45, 7) is 56.2. The Kier molecular flexibility index (Phi) is 73.7. The minimum atomic E-state index is -0.0586. The first kappa shape index (κ1) is 125. The van der Waals surface area contributed by atoms with Crippen LogP contribution < -0.4 is 0 Å². The number of hydrogen-bond donors (Lipinski definition) is 2. The zero-order chi connectivity index (χ0) is 101. The van der Waals surface area contributed by atoms with Crippen molar-refractivity contribution >= 4 is 11.8 Å². The van der Waals surface area contributed by atoms with E-state index in [9.17, 15) is 14.7 Å². The van der Waals surface area contributed by atoms with Crippen LogP contribution in [0.3, 0.4) is 0 Å². The van der Waals surface area contributed by atoms with Gasteiger partial charge in [-0.25, -0.2) is 0 Å². The first-order valence-electron chi connectivity index (χ1n) is 60.9. The molecular formula is C122H220N16O5. The van der Waals surface area contributed by atoms with Gasteiger partial charge in [0.25, 0.3) is 0 Å². The second-order valence-electron chi connectivity index (χ2n) is 45.0. The van der Waals surface area contributed by atoms with Gasteiger partial charge in [-0.15, -0.1) is 0 Å². The van der Waals surface area contributed by atoms with Crippen LogP contribution in [0.1, 0.15) is 392 Å². The number of benzene rings is 2. The number of piperidine rings is 12. The van der Waals surface area contributed by atoms with E-state index in [2.05, 4.69) is 163 Å². The maximum Gasteiger partial charge on any atom is 0.307 e. The Balaban J connectivity index is 0.000000211. The number of carbonyl (C=O) groups is 2. The number of ether oxygens (including phenoxy) is 1. The zero-order valence-corrected chi connectivity index (χ0v) is 93.2. The van der Waals surface area contributed by atoms with E-state index in [1.54, 1.807) is 5.56 Å². The van der Waals surface area contributed by atoms with Crippen LogP contribution in [0, 0.1) is 51.7 Å². The van der Waals surface area contributed by atoms with E-state index in [0.717, 1.165) is 117 Å². The molecule has 818 valence electrons. The van der Waals surface area contributed by atoms with Crippen LogP contribution in [0.4, 0.5) is 0 Å². The Morgan fingerprint density at radius 3 is 1.03 bits per heavy atom. The second kappa shape index (κ2) is 84.1. The molecule has 0 radical (unpaired) electrons. The summed E-state index contributed by atoms with van der Waals surface area (Å²) in [7, 11) is 0. The molecule has 0 aliphatic carbocycles. The molecule has 1 unspecified atom stereocenters. The van der Waals surface area contributed by atoms with Crippen molar-refractivity contribution in [1.82, 2.24) is 63.7 Å². The van der Waals surface area contributed by atoms with Gasteiger partial charge in [-0.2, -0.15) is 15.8 Å². The lowest BCUT2D eigenvalue weighted by atomic mass is 9.67. The highest BCUT2D eigenvalue weighted by molar-refractivity contribution is 5.84. The van der Waals surface area contributed by atoms with E-state index in [0.29, 0.717) is 55.6 Å². The fourth-order valence-electron chi connectivity index (χ4n) is 23.9. The molecule has 0 aromatic heterocycles. The summed E-state index contributed by atoms with van der Waals surface area (Å²) in [5.41, 5.74) is 3.57. The Morgan fingerprint density at radius 2 is 0.713 bits per heavy atom. The normalized spacial score (nSPS) is 26.7. The summed E-state index contributed by atoms with van der Waals surface area (Å²) in [6, 6.07) is 28.5. The number of rotatable bonds is 23. The number of ketones is 1. The van der Waals surface area contributed by atoms with Crippen molar-refractivity contribution in [3.8, 4) is 18.2 Å². The highest BCUT2D eigenvalue weighted by Crippen LogP contribution is 2.43. The van der Waals surface area contributed by atoms with Crippen LogP contribution in [-0.2, 0) is 26.3 Å². The molecule has 1 atom stereocenters. The SMILES string of the molecule is C1CN2CCC1CC2.CCCCCN1CCCCCC1.CCCCN1CCCCCC1.CCN1CCCCCC1.CCOC(=O)CCN1CCCCCC1.N#CCCCN1CCCCCC1.N#CCCN1CCCCCC1.N#CCN1CCCCCC1.O=C1CN2CCC1CC2.OC1CN2CCC1CC2.OCCN1CCCCCC1.c1ccc(C23CCN(CC2)CC3)cc1.c1ccc(CN2CCCCCC2)cc1. The summed E-state index contributed by atoms with van der Waals surface area (Å²) in [4.78, 5) is 54.2.